The van der Waals surface area contributed by atoms with E-state index in [0.717, 1.165) is 24.2 Å². The number of hydrogen-bond acceptors (Lipinski definition) is 4. The second kappa shape index (κ2) is 6.83. The van der Waals surface area contributed by atoms with E-state index in [0.29, 0.717) is 5.82 Å². The Morgan fingerprint density at radius 2 is 2.13 bits per heavy atom. The summed E-state index contributed by atoms with van der Waals surface area (Å²) in [5.74, 6) is 0.457. The minimum absolute atomic E-state index is 0.457. The lowest BCUT2D eigenvalue weighted by Crippen LogP contribution is -2.12. The van der Waals surface area contributed by atoms with Gasteiger partial charge in [0.05, 0.1) is 19.0 Å². The van der Waals surface area contributed by atoms with Gasteiger partial charge in [-0.3, -0.25) is 5.32 Å². The number of hydrogen-bond donors (Lipinski definition) is 3. The second-order valence-electron chi connectivity index (χ2n) is 5.08. The molecular formula is C17H18N4O2. The molecule has 3 aromatic rings. The van der Waals surface area contributed by atoms with Crippen LogP contribution >= 0.6 is 0 Å². The van der Waals surface area contributed by atoms with Crippen molar-refractivity contribution in [1.82, 2.24) is 9.97 Å². The van der Waals surface area contributed by atoms with Gasteiger partial charge in [0.15, 0.2) is 0 Å². The number of carbonyl (C=O) groups excluding carboxylic acids is 1. The topological polar surface area (TPSA) is 79.0 Å². The van der Waals surface area contributed by atoms with Gasteiger partial charge < -0.3 is 15.0 Å². The van der Waals surface area contributed by atoms with Crippen LogP contribution in [-0.4, -0.2) is 29.7 Å². The van der Waals surface area contributed by atoms with Crippen molar-refractivity contribution in [2.75, 3.05) is 24.3 Å². The number of amides is 1. The summed E-state index contributed by atoms with van der Waals surface area (Å²) < 4.78 is 4.52. The highest BCUT2D eigenvalue weighted by Crippen LogP contribution is 2.18. The first-order chi connectivity index (χ1) is 11.3. The number of para-hydroxylation sites is 1. The van der Waals surface area contributed by atoms with Crippen molar-refractivity contribution in [3.63, 3.8) is 0 Å². The number of pyridine rings is 1. The fraction of sp³-hybridized carbons (Fsp3) is 0.176. The molecule has 6 nitrogen and oxygen atoms in total. The summed E-state index contributed by atoms with van der Waals surface area (Å²) in [6.45, 7) is 0.799. The van der Waals surface area contributed by atoms with Crippen molar-refractivity contribution in [3.8, 4) is 0 Å². The molecule has 0 aliphatic carbocycles. The highest BCUT2D eigenvalue weighted by atomic mass is 16.5. The Morgan fingerprint density at radius 3 is 2.91 bits per heavy atom. The van der Waals surface area contributed by atoms with Gasteiger partial charge in [0, 0.05) is 23.6 Å². The Balaban J connectivity index is 1.55. The number of aromatic amines is 1. The maximum absolute atomic E-state index is 11.1. The number of nitrogens with zero attached hydrogens (tertiary/aromatic N) is 1. The summed E-state index contributed by atoms with van der Waals surface area (Å²) in [5.41, 5.74) is 3.34. The van der Waals surface area contributed by atoms with Gasteiger partial charge in [0.25, 0.3) is 0 Å². The predicted molar refractivity (Wildman–Crippen MR) is 90.8 cm³/mol. The standard InChI is InChI=1S/C17H18N4O2/c1-23-17(22)21-16-7-6-13(11-20-16)18-9-8-12-10-19-15-5-3-2-4-14(12)15/h2-7,10-11,18-19H,8-9H2,1H3,(H,20,21,22). The van der Waals surface area contributed by atoms with Gasteiger partial charge in [0.2, 0.25) is 0 Å². The zero-order valence-corrected chi connectivity index (χ0v) is 12.8. The van der Waals surface area contributed by atoms with Gasteiger partial charge in [-0.2, -0.15) is 0 Å². The lowest BCUT2D eigenvalue weighted by Gasteiger charge is -2.07. The minimum atomic E-state index is -0.530. The van der Waals surface area contributed by atoms with E-state index in [-0.39, 0.29) is 0 Å². The molecule has 0 atom stereocenters. The van der Waals surface area contributed by atoms with E-state index < -0.39 is 6.09 Å². The first-order valence-electron chi connectivity index (χ1n) is 7.36. The molecule has 23 heavy (non-hydrogen) atoms. The number of nitrogens with one attached hydrogen (secondary N) is 3. The maximum atomic E-state index is 11.1. The smallest absolute Gasteiger partial charge is 0.412 e. The van der Waals surface area contributed by atoms with E-state index in [1.165, 1.54) is 18.1 Å². The average Bonchev–Trinajstić information content (AvgIpc) is 3.00. The van der Waals surface area contributed by atoms with Crippen LogP contribution in [0.2, 0.25) is 0 Å². The Labute approximate surface area is 133 Å². The summed E-state index contributed by atoms with van der Waals surface area (Å²) in [6, 6.07) is 11.9. The van der Waals surface area contributed by atoms with Crippen LogP contribution in [0, 0.1) is 0 Å². The summed E-state index contributed by atoms with van der Waals surface area (Å²) >= 11 is 0. The number of rotatable bonds is 5. The Bertz CT molecular complexity index is 796. The number of H-pyrrole nitrogens is 1. The number of fused-ring (bicyclic) bond motifs is 1. The quantitative estimate of drug-likeness (QED) is 0.675. The van der Waals surface area contributed by atoms with Gasteiger partial charge in [-0.15, -0.1) is 0 Å². The number of carbonyl (C=O) groups is 1. The van der Waals surface area contributed by atoms with E-state index in [4.69, 9.17) is 0 Å². The van der Waals surface area contributed by atoms with E-state index >= 15 is 0 Å². The van der Waals surface area contributed by atoms with Crippen LogP contribution < -0.4 is 10.6 Å². The van der Waals surface area contributed by atoms with E-state index in [1.54, 1.807) is 12.3 Å². The molecular weight excluding hydrogens is 292 g/mol. The van der Waals surface area contributed by atoms with Gasteiger partial charge in [-0.25, -0.2) is 9.78 Å². The third-order valence-electron chi connectivity index (χ3n) is 3.58. The molecule has 0 unspecified atom stereocenters. The zero-order valence-electron chi connectivity index (χ0n) is 12.8. The molecule has 6 heteroatoms. The SMILES string of the molecule is COC(=O)Nc1ccc(NCCc2c[nH]c3ccccc23)cn1. The molecule has 3 N–H and O–H groups in total. The number of ether oxygens (including phenoxy) is 1. The van der Waals surface area contributed by atoms with Crippen molar-refractivity contribution in [2.24, 2.45) is 0 Å². The molecule has 1 amide bonds. The molecule has 0 saturated heterocycles. The maximum Gasteiger partial charge on any atom is 0.412 e. The molecule has 0 aliphatic rings. The van der Waals surface area contributed by atoms with Crippen LogP contribution in [0.3, 0.4) is 0 Å². The van der Waals surface area contributed by atoms with E-state index in [2.05, 4.69) is 37.5 Å². The predicted octanol–water partition coefficient (Wildman–Crippen LogP) is 3.40. The monoisotopic (exact) mass is 310 g/mol. The molecule has 0 spiro atoms. The van der Waals surface area contributed by atoms with Gasteiger partial charge in [-0.05, 0) is 30.2 Å². The van der Waals surface area contributed by atoms with Crippen molar-refractivity contribution in [2.45, 2.75) is 6.42 Å². The molecule has 3 rings (SSSR count). The average molecular weight is 310 g/mol. The lowest BCUT2D eigenvalue weighted by molar-refractivity contribution is 0.187. The Morgan fingerprint density at radius 1 is 1.26 bits per heavy atom. The van der Waals surface area contributed by atoms with Crippen molar-refractivity contribution < 1.29 is 9.53 Å². The van der Waals surface area contributed by atoms with Crippen molar-refractivity contribution in [3.05, 3.63) is 54.4 Å². The van der Waals surface area contributed by atoms with Crippen molar-refractivity contribution in [1.29, 1.82) is 0 Å². The fourth-order valence-corrected chi connectivity index (χ4v) is 2.41. The van der Waals surface area contributed by atoms with Crippen LogP contribution in [-0.2, 0) is 11.2 Å². The molecule has 2 heterocycles. The number of anilines is 2. The first kappa shape index (κ1) is 14.9. The lowest BCUT2D eigenvalue weighted by atomic mass is 10.1. The summed E-state index contributed by atoms with van der Waals surface area (Å²) in [4.78, 5) is 18.5. The zero-order chi connectivity index (χ0) is 16.1. The van der Waals surface area contributed by atoms with E-state index in [9.17, 15) is 4.79 Å². The van der Waals surface area contributed by atoms with Crippen LogP contribution in [0.4, 0.5) is 16.3 Å². The van der Waals surface area contributed by atoms with Gasteiger partial charge in [-0.1, -0.05) is 18.2 Å². The number of benzene rings is 1. The summed E-state index contributed by atoms with van der Waals surface area (Å²) in [7, 11) is 1.32. The third-order valence-corrected chi connectivity index (χ3v) is 3.58. The highest BCUT2D eigenvalue weighted by molar-refractivity contribution is 5.83. The summed E-state index contributed by atoms with van der Waals surface area (Å²) in [5, 5.41) is 7.09. The number of aromatic nitrogens is 2. The molecule has 0 aliphatic heterocycles. The van der Waals surface area contributed by atoms with E-state index in [1.807, 2.05) is 24.4 Å². The van der Waals surface area contributed by atoms with Crippen LogP contribution in [0.25, 0.3) is 10.9 Å². The molecule has 0 radical (unpaired) electrons. The molecule has 0 fully saturated rings. The number of methoxy groups -OCH3 is 1. The van der Waals surface area contributed by atoms with Crippen LogP contribution in [0.15, 0.2) is 48.8 Å². The largest absolute Gasteiger partial charge is 0.453 e. The first-order valence-corrected chi connectivity index (χ1v) is 7.36. The van der Waals surface area contributed by atoms with Crippen molar-refractivity contribution >= 4 is 28.5 Å². The third kappa shape index (κ3) is 3.60. The second-order valence-corrected chi connectivity index (χ2v) is 5.08. The molecule has 2 aromatic heterocycles. The molecule has 0 bridgehead atoms. The van der Waals surface area contributed by atoms with Gasteiger partial charge >= 0.3 is 6.09 Å². The Hall–Kier alpha value is -3.02. The Kier molecular flexibility index (Phi) is 4.42. The summed E-state index contributed by atoms with van der Waals surface area (Å²) in [6.07, 6.45) is 4.11. The normalized spacial score (nSPS) is 10.5. The molecule has 1 aromatic carbocycles. The van der Waals surface area contributed by atoms with Crippen LogP contribution in [0.1, 0.15) is 5.56 Å². The minimum Gasteiger partial charge on any atom is -0.453 e. The highest BCUT2D eigenvalue weighted by Gasteiger charge is 2.03. The van der Waals surface area contributed by atoms with Gasteiger partial charge in [0.1, 0.15) is 5.82 Å². The van der Waals surface area contributed by atoms with Crippen LogP contribution in [0.5, 0.6) is 0 Å². The fourth-order valence-electron chi connectivity index (χ4n) is 2.41. The molecule has 118 valence electrons. The molecule has 0 saturated carbocycles.